The first-order valence-corrected chi connectivity index (χ1v) is 53.8. The van der Waals surface area contributed by atoms with Crippen LogP contribution in [0.4, 0.5) is 51.2 Å². The zero-order valence-electron chi connectivity index (χ0n) is 77.7. The summed E-state index contributed by atoms with van der Waals surface area (Å²) in [7, 11) is 0. The van der Waals surface area contributed by atoms with Gasteiger partial charge in [0, 0.05) is 0 Å². The van der Waals surface area contributed by atoms with E-state index in [0.29, 0.717) is 14.5 Å². The van der Waals surface area contributed by atoms with E-state index in [4.69, 9.17) is 0 Å². The van der Waals surface area contributed by atoms with Crippen LogP contribution in [0.3, 0.4) is 0 Å². The molecule has 6 nitrogen and oxygen atoms in total. The molecule has 0 aliphatic heterocycles. The van der Waals surface area contributed by atoms with Crippen LogP contribution in [0.25, 0.3) is 195 Å². The predicted molar refractivity (Wildman–Crippen MR) is 614 cm³/mol. The number of fused-ring (bicyclic) bond motifs is 20. The molecule has 9 heteroatoms. The summed E-state index contributed by atoms with van der Waals surface area (Å²) in [5, 5.41) is 20.8. The Morgan fingerprint density at radius 2 is 0.392 bits per heavy atom. The summed E-state index contributed by atoms with van der Waals surface area (Å²) in [5.41, 5.74) is 28.5. The van der Waals surface area contributed by atoms with Gasteiger partial charge in [-0.25, -0.2) is 0 Å². The normalized spacial score (nSPS) is 11.6. The van der Waals surface area contributed by atoms with Gasteiger partial charge in [-0.2, -0.15) is 0 Å². The molecule has 0 amide bonds. The number of benzene rings is 23. The molecule has 0 atom stereocenters. The maximum atomic E-state index is 2.43. The zero-order valence-corrected chi connectivity index (χ0v) is 82.9. The van der Waals surface area contributed by atoms with Crippen molar-refractivity contribution in [2.45, 2.75) is 0 Å². The number of hydrogen-bond donors (Lipinski definition) is 0. The quantitative estimate of drug-likeness (QED) is 0.0956. The number of rotatable bonds is 15. The predicted octanol–water partition coefficient (Wildman–Crippen LogP) is 36.2. The van der Waals surface area contributed by atoms with Crippen molar-refractivity contribution < 1.29 is 0 Å². The molecule has 0 fully saturated rings. The molecule has 0 saturated carbocycles. The van der Waals surface area contributed by atoms with Crippen LogP contribution in [0.1, 0.15) is 0 Å². The first kappa shape index (κ1) is 85.2. The van der Waals surface area contributed by atoms with Gasteiger partial charge in [0.2, 0.25) is 0 Å². The molecule has 29 rings (SSSR count). The Morgan fingerprint density at radius 1 is 0.133 bits per heavy atom. The van der Waals surface area contributed by atoms with Gasteiger partial charge in [0.1, 0.15) is 0 Å². The molecule has 0 saturated heterocycles. The summed E-state index contributed by atoms with van der Waals surface area (Å²) in [4.78, 5) is 7.29. The number of aromatic nitrogens is 3. The summed E-state index contributed by atoms with van der Waals surface area (Å²) >= 11 is 0.847. The minimum atomic E-state index is 0.274. The molecule has 0 bridgehead atoms. The molecule has 0 spiro atoms. The molecule has 0 N–H and O–H groups in total. The van der Waals surface area contributed by atoms with Gasteiger partial charge in [-0.3, -0.25) is 0 Å². The number of para-hydroxylation sites is 6. The van der Waals surface area contributed by atoms with E-state index in [1.54, 1.807) is 0 Å². The van der Waals surface area contributed by atoms with Crippen LogP contribution >= 0.6 is 0 Å². The van der Waals surface area contributed by atoms with Gasteiger partial charge in [0.25, 0.3) is 0 Å². The van der Waals surface area contributed by atoms with Crippen LogP contribution in [-0.2, 0) is 0 Å². The van der Waals surface area contributed by atoms with Crippen molar-refractivity contribution in [1.82, 2.24) is 13.7 Å². The topological polar surface area (TPSA) is 24.5 Å². The van der Waals surface area contributed by atoms with E-state index in [1.807, 2.05) is 0 Å². The van der Waals surface area contributed by atoms with Crippen molar-refractivity contribution in [3.05, 3.63) is 534 Å². The van der Waals surface area contributed by atoms with Crippen molar-refractivity contribution in [3.8, 4) is 50.4 Å². The molecule has 0 unspecified atom stereocenters. The van der Waals surface area contributed by atoms with Crippen LogP contribution in [0.5, 0.6) is 0 Å². The van der Waals surface area contributed by atoms with Crippen LogP contribution in [0.15, 0.2) is 534 Å². The van der Waals surface area contributed by atoms with E-state index in [0.717, 1.165) is 34.1 Å². The molecule has 29 aromatic rings. The Balaban J connectivity index is 0.000000107. The van der Waals surface area contributed by atoms with Crippen LogP contribution < -0.4 is 14.7 Å². The van der Waals surface area contributed by atoms with E-state index >= 15 is 0 Å². The third kappa shape index (κ3) is 15.4. The molecule has 0 aliphatic rings. The van der Waals surface area contributed by atoms with E-state index in [1.165, 1.54) is 212 Å². The molecule has 143 heavy (non-hydrogen) atoms. The molecular weight excluding hydrogens is 1930 g/mol. The van der Waals surface area contributed by atoms with E-state index in [9.17, 15) is 0 Å². The Hall–Kier alpha value is -17.1. The summed E-state index contributed by atoms with van der Waals surface area (Å²) in [5.74, 6) is 0. The van der Waals surface area contributed by atoms with Crippen molar-refractivity contribution in [1.29, 1.82) is 0 Å². The molecule has 6 aromatic heterocycles. The maximum absolute atomic E-state index is 2.43. The van der Waals surface area contributed by atoms with Crippen molar-refractivity contribution in [2.24, 2.45) is 0 Å². The molecule has 0 radical (unpaired) electrons. The summed E-state index contributed by atoms with van der Waals surface area (Å²) in [6, 6.07) is 195. The van der Waals surface area contributed by atoms with Gasteiger partial charge in [-0.05, 0) is 5.56 Å². The average Bonchev–Trinajstić information content (AvgIpc) is 1.64. The van der Waals surface area contributed by atoms with Gasteiger partial charge >= 0.3 is 792 Å². The third-order valence-corrected chi connectivity index (χ3v) is 35.5. The standard InChI is InChI=1S/C48H32N2Se.C46H30N2Se.C40H26N2Se/c1-3-11-33(12-4-1)34-19-21-35(22-20-34)36-23-25-38(26-24-36)49(40-27-29-43-42-16-8-10-18-47(42)51-48(43)32-40)39-28-30-46-44(31-39)41-15-7-9-17-45(41)50(46)37-13-5-2-6-14-37;1-2-13-33(14-3-1)48-43-19-8-6-16-39(43)42-29-35(26-28-44(42)48)47(36-25-27-41-40-17-7-9-20-45(40)49-46(41)30-36)34-23-21-32(22-24-34)38-18-10-12-31-11-4-5-15-37(31)38;1-2-12-29(13-3-1)42-37-16-8-6-14-33(37)36-25-31(21-23-38(36)42)41(30-19-18-27-10-4-5-11-28(27)24-30)32-20-22-35-34-15-7-9-17-39(34)43-40(35)26-32/h1-32H;1-30H;1-26H. The van der Waals surface area contributed by atoms with Gasteiger partial charge < -0.3 is 0 Å². The average molecular weight is 2020 g/mol. The first-order chi connectivity index (χ1) is 70.9. The molecule has 23 aromatic carbocycles. The van der Waals surface area contributed by atoms with Crippen molar-refractivity contribution in [3.63, 3.8) is 0 Å². The second-order valence-corrected chi connectivity index (χ2v) is 43.4. The van der Waals surface area contributed by atoms with E-state index in [2.05, 4.69) is 562 Å². The van der Waals surface area contributed by atoms with Gasteiger partial charge in [-0.15, -0.1) is 0 Å². The third-order valence-electron chi connectivity index (χ3n) is 28.3. The molecular formula is C134H88N6Se3. The number of hydrogen-bond acceptors (Lipinski definition) is 3. The summed E-state index contributed by atoms with van der Waals surface area (Å²) < 4.78 is 15.8. The van der Waals surface area contributed by atoms with Crippen LogP contribution in [-0.4, -0.2) is 57.2 Å². The van der Waals surface area contributed by atoms with Gasteiger partial charge in [-0.1, -0.05) is 54.6 Å². The summed E-state index contributed by atoms with van der Waals surface area (Å²) in [6.07, 6.45) is 0. The van der Waals surface area contributed by atoms with E-state index < -0.39 is 0 Å². The van der Waals surface area contributed by atoms with Gasteiger partial charge in [0.05, 0.1) is 0 Å². The Kier molecular flexibility index (Phi) is 21.6. The Morgan fingerprint density at radius 3 is 0.797 bits per heavy atom. The number of nitrogens with zero attached hydrogens (tertiary/aromatic N) is 6. The fourth-order valence-electron chi connectivity index (χ4n) is 21.6. The van der Waals surface area contributed by atoms with E-state index in [-0.39, 0.29) is 29.0 Å². The van der Waals surface area contributed by atoms with Gasteiger partial charge in [0.15, 0.2) is 0 Å². The molecule has 672 valence electrons. The molecule has 6 heterocycles. The zero-order chi connectivity index (χ0) is 94.4. The SMILES string of the molecule is c1ccc(-c2ccc(-c3ccc(N(c4ccc5c(c4)[se]c4ccccc45)c4ccc5c(c4)c4ccccc4n5-c4ccccc4)cc3)cc2)cc1.c1ccc(-n2c3ccccc3c3cc(N(c4ccc(-c5cccc6ccccc56)cc4)c4ccc5c(c4)[se]c4ccccc45)ccc32)cc1.c1ccc(-n2c3ccccc3c3cc(N(c4ccc5ccccc5c4)c4ccc5c(c4)[se]c4ccccc45)ccc32)cc1. The second-order valence-electron chi connectivity index (χ2n) is 36.6. The Bertz CT molecular complexity index is 9920. The second kappa shape index (κ2) is 36.3. The molecule has 0 aliphatic carbocycles. The van der Waals surface area contributed by atoms with Crippen molar-refractivity contribution >= 4 is 240 Å². The van der Waals surface area contributed by atoms with Crippen molar-refractivity contribution in [2.75, 3.05) is 14.7 Å². The fourth-order valence-corrected chi connectivity index (χ4v) is 28.8. The monoisotopic (exact) mass is 2020 g/mol. The first-order valence-electron chi connectivity index (χ1n) is 48.6. The number of anilines is 9. The van der Waals surface area contributed by atoms with Crippen LogP contribution in [0.2, 0.25) is 0 Å². The summed E-state index contributed by atoms with van der Waals surface area (Å²) in [6.45, 7) is 0. The van der Waals surface area contributed by atoms with Crippen LogP contribution in [0, 0.1) is 0 Å². The Labute approximate surface area is 845 Å². The minimum absolute atomic E-state index is 0.274. The fraction of sp³-hybridized carbons (Fsp3) is 0.